The van der Waals surface area contributed by atoms with E-state index >= 15 is 0 Å². The summed E-state index contributed by atoms with van der Waals surface area (Å²) in [4.78, 5) is 17.1. The van der Waals surface area contributed by atoms with Crippen LogP contribution in [0, 0.1) is 11.8 Å². The number of hydrogen-bond donors (Lipinski definition) is 2. The van der Waals surface area contributed by atoms with Gasteiger partial charge in [-0.1, -0.05) is 13.8 Å². The molecule has 0 aliphatic carbocycles. The van der Waals surface area contributed by atoms with Crippen LogP contribution in [0.2, 0.25) is 0 Å². The third-order valence-corrected chi connectivity index (χ3v) is 5.53. The summed E-state index contributed by atoms with van der Waals surface area (Å²) in [6, 6.07) is 0. The summed E-state index contributed by atoms with van der Waals surface area (Å²) >= 11 is 0. The quantitative estimate of drug-likeness (QED) is 0.658. The zero-order valence-corrected chi connectivity index (χ0v) is 15.1. The van der Waals surface area contributed by atoms with Crippen LogP contribution < -0.4 is 10.6 Å². The second kappa shape index (κ2) is 10.3. The number of amides is 1. The van der Waals surface area contributed by atoms with Crippen molar-refractivity contribution in [2.75, 3.05) is 58.9 Å². The number of piperidine rings is 1. The average molecular weight is 325 g/mol. The first-order chi connectivity index (χ1) is 11.2. The Hall–Kier alpha value is -0.650. The van der Waals surface area contributed by atoms with E-state index in [2.05, 4.69) is 34.3 Å². The van der Waals surface area contributed by atoms with Gasteiger partial charge in [-0.3, -0.25) is 4.79 Å². The molecule has 0 aromatic rings. The summed E-state index contributed by atoms with van der Waals surface area (Å²) < 4.78 is 0. The molecule has 0 radical (unpaired) electrons. The van der Waals surface area contributed by atoms with E-state index in [1.165, 1.54) is 45.6 Å². The zero-order valence-electron chi connectivity index (χ0n) is 15.1. The maximum atomic E-state index is 12.1. The highest BCUT2D eigenvalue weighted by Gasteiger charge is 2.22. The van der Waals surface area contributed by atoms with Crippen LogP contribution in [-0.4, -0.2) is 74.6 Å². The van der Waals surface area contributed by atoms with E-state index in [4.69, 9.17) is 0 Å². The Morgan fingerprint density at radius 1 is 1.26 bits per heavy atom. The second-order valence-electron chi connectivity index (χ2n) is 7.27. The molecule has 0 aromatic carbocycles. The maximum absolute atomic E-state index is 12.1. The molecule has 0 aromatic heterocycles. The van der Waals surface area contributed by atoms with Gasteiger partial charge >= 0.3 is 0 Å². The predicted octanol–water partition coefficient (Wildman–Crippen LogP) is 1.16. The minimum Gasteiger partial charge on any atom is -0.356 e. The minimum absolute atomic E-state index is 0.235. The van der Waals surface area contributed by atoms with Gasteiger partial charge in [-0.25, -0.2) is 0 Å². The number of nitrogens with zero attached hydrogens (tertiary/aromatic N) is 2. The van der Waals surface area contributed by atoms with Crippen LogP contribution in [0.15, 0.2) is 0 Å². The van der Waals surface area contributed by atoms with Gasteiger partial charge in [-0.2, -0.15) is 0 Å². The largest absolute Gasteiger partial charge is 0.356 e. The van der Waals surface area contributed by atoms with Crippen molar-refractivity contribution >= 4 is 5.91 Å². The van der Waals surface area contributed by atoms with Gasteiger partial charge in [0.15, 0.2) is 0 Å². The Bertz CT molecular complexity index is 336. The van der Waals surface area contributed by atoms with Crippen LogP contribution in [0.1, 0.15) is 39.5 Å². The van der Waals surface area contributed by atoms with Crippen molar-refractivity contribution in [2.45, 2.75) is 39.5 Å². The van der Waals surface area contributed by atoms with E-state index < -0.39 is 0 Å². The number of likely N-dealkylation sites (N-methyl/N-ethyl adjacent to an activating group) is 1. The number of rotatable bonds is 8. The molecule has 2 saturated heterocycles. The molecule has 5 heteroatoms. The van der Waals surface area contributed by atoms with Crippen molar-refractivity contribution in [3.05, 3.63) is 0 Å². The summed E-state index contributed by atoms with van der Waals surface area (Å²) in [6.45, 7) is 14.5. The molecule has 2 atom stereocenters. The monoisotopic (exact) mass is 324 g/mol. The third kappa shape index (κ3) is 6.77. The summed E-state index contributed by atoms with van der Waals surface area (Å²) in [6.07, 6.45) is 4.27. The molecule has 1 amide bonds. The highest BCUT2D eigenvalue weighted by Crippen LogP contribution is 2.22. The van der Waals surface area contributed by atoms with Crippen molar-refractivity contribution in [3.63, 3.8) is 0 Å². The molecule has 2 heterocycles. The van der Waals surface area contributed by atoms with Gasteiger partial charge < -0.3 is 20.4 Å². The average Bonchev–Trinajstić information content (AvgIpc) is 2.60. The Balaban J connectivity index is 1.51. The lowest BCUT2D eigenvalue weighted by Crippen LogP contribution is -2.46. The fourth-order valence-electron chi connectivity index (χ4n) is 3.76. The fourth-order valence-corrected chi connectivity index (χ4v) is 3.76. The van der Waals surface area contributed by atoms with E-state index in [9.17, 15) is 4.79 Å². The molecular formula is C18H36N4O. The molecular weight excluding hydrogens is 288 g/mol. The van der Waals surface area contributed by atoms with Crippen molar-refractivity contribution < 1.29 is 4.79 Å². The molecule has 2 N–H and O–H groups in total. The highest BCUT2D eigenvalue weighted by molar-refractivity contribution is 5.76. The first-order valence-electron chi connectivity index (χ1n) is 9.61. The number of piperazine rings is 1. The summed E-state index contributed by atoms with van der Waals surface area (Å²) in [5.41, 5.74) is 0. The zero-order chi connectivity index (χ0) is 16.5. The van der Waals surface area contributed by atoms with E-state index in [1.807, 2.05) is 0 Å². The van der Waals surface area contributed by atoms with E-state index in [1.54, 1.807) is 0 Å². The number of hydrogen-bond acceptors (Lipinski definition) is 4. The summed E-state index contributed by atoms with van der Waals surface area (Å²) in [5.74, 6) is 1.40. The Kier molecular flexibility index (Phi) is 8.34. The van der Waals surface area contributed by atoms with Crippen LogP contribution in [0.5, 0.6) is 0 Å². The van der Waals surface area contributed by atoms with E-state index in [-0.39, 0.29) is 5.91 Å². The van der Waals surface area contributed by atoms with Crippen LogP contribution in [-0.2, 0) is 4.79 Å². The van der Waals surface area contributed by atoms with Crippen molar-refractivity contribution in [1.29, 1.82) is 0 Å². The maximum Gasteiger partial charge on any atom is 0.220 e. The molecule has 2 aliphatic rings. The van der Waals surface area contributed by atoms with Crippen LogP contribution in [0.25, 0.3) is 0 Å². The molecule has 0 bridgehead atoms. The SMILES string of the molecule is CCN1CCN(CCCNC(=O)CC(C)C2CCCNC2)CC1. The molecule has 23 heavy (non-hydrogen) atoms. The molecule has 0 spiro atoms. The van der Waals surface area contributed by atoms with Crippen molar-refractivity contribution in [2.24, 2.45) is 11.8 Å². The normalized spacial score (nSPS) is 25.2. The molecule has 2 rings (SSSR count). The molecule has 134 valence electrons. The van der Waals surface area contributed by atoms with Crippen molar-refractivity contribution in [3.8, 4) is 0 Å². The molecule has 2 aliphatic heterocycles. The highest BCUT2D eigenvalue weighted by atomic mass is 16.1. The lowest BCUT2D eigenvalue weighted by Gasteiger charge is -2.34. The Labute approximate surface area is 142 Å². The number of nitrogens with one attached hydrogen (secondary N) is 2. The smallest absolute Gasteiger partial charge is 0.220 e. The van der Waals surface area contributed by atoms with Gasteiger partial charge in [-0.15, -0.1) is 0 Å². The van der Waals surface area contributed by atoms with Gasteiger partial charge in [-0.05, 0) is 57.3 Å². The van der Waals surface area contributed by atoms with Crippen LogP contribution in [0.3, 0.4) is 0 Å². The van der Waals surface area contributed by atoms with Gasteiger partial charge in [0.1, 0.15) is 0 Å². The Morgan fingerprint density at radius 3 is 2.65 bits per heavy atom. The number of carbonyl (C=O) groups excluding carboxylic acids is 1. The second-order valence-corrected chi connectivity index (χ2v) is 7.27. The number of carbonyl (C=O) groups is 1. The fraction of sp³-hybridized carbons (Fsp3) is 0.944. The topological polar surface area (TPSA) is 47.6 Å². The predicted molar refractivity (Wildman–Crippen MR) is 95.6 cm³/mol. The van der Waals surface area contributed by atoms with Gasteiger partial charge in [0.05, 0.1) is 0 Å². The van der Waals surface area contributed by atoms with Crippen LogP contribution >= 0.6 is 0 Å². The summed E-state index contributed by atoms with van der Waals surface area (Å²) in [5, 5.41) is 6.56. The van der Waals surface area contributed by atoms with Crippen LogP contribution in [0.4, 0.5) is 0 Å². The molecule has 5 nitrogen and oxygen atoms in total. The van der Waals surface area contributed by atoms with Gasteiger partial charge in [0.25, 0.3) is 0 Å². The Morgan fingerprint density at radius 2 is 2.00 bits per heavy atom. The molecule has 2 unspecified atom stereocenters. The third-order valence-electron chi connectivity index (χ3n) is 5.53. The minimum atomic E-state index is 0.235. The first-order valence-corrected chi connectivity index (χ1v) is 9.61. The van der Waals surface area contributed by atoms with E-state index in [0.717, 1.165) is 32.6 Å². The summed E-state index contributed by atoms with van der Waals surface area (Å²) in [7, 11) is 0. The first kappa shape index (κ1) is 18.7. The van der Waals surface area contributed by atoms with Crippen molar-refractivity contribution in [1.82, 2.24) is 20.4 Å². The van der Waals surface area contributed by atoms with Gasteiger partial charge in [0, 0.05) is 39.1 Å². The lowest BCUT2D eigenvalue weighted by molar-refractivity contribution is -0.122. The van der Waals surface area contributed by atoms with E-state index in [0.29, 0.717) is 18.3 Å². The lowest BCUT2D eigenvalue weighted by atomic mass is 9.85. The molecule has 2 fully saturated rings. The van der Waals surface area contributed by atoms with Gasteiger partial charge in [0.2, 0.25) is 5.91 Å². The standard InChI is InChI=1S/C18H36N4O/c1-3-21-10-12-22(13-11-21)9-5-8-20-18(23)14-16(2)17-6-4-7-19-15-17/h16-17,19H,3-15H2,1-2H3,(H,20,23). The molecule has 0 saturated carbocycles.